The topological polar surface area (TPSA) is 75.7 Å². The molecular formula is C23H30N2O4S. The number of hydrogen-bond acceptors (Lipinski definition) is 4. The van der Waals surface area contributed by atoms with Gasteiger partial charge in [-0.2, -0.15) is 4.31 Å². The van der Waals surface area contributed by atoms with E-state index in [-0.39, 0.29) is 11.8 Å². The zero-order valence-electron chi connectivity index (χ0n) is 17.8. The summed E-state index contributed by atoms with van der Waals surface area (Å²) in [6.07, 6.45) is 1.83. The Balaban J connectivity index is 1.50. The highest BCUT2D eigenvalue weighted by Crippen LogP contribution is 2.26. The molecule has 2 aromatic rings. The lowest BCUT2D eigenvalue weighted by Crippen LogP contribution is -2.43. The van der Waals surface area contributed by atoms with Gasteiger partial charge in [-0.3, -0.25) is 4.79 Å². The van der Waals surface area contributed by atoms with Crippen LogP contribution in [0.1, 0.15) is 29.5 Å². The Hall–Kier alpha value is -2.38. The van der Waals surface area contributed by atoms with Gasteiger partial charge in [0.25, 0.3) is 0 Å². The molecule has 1 aliphatic heterocycles. The van der Waals surface area contributed by atoms with Crippen molar-refractivity contribution in [2.24, 2.45) is 5.92 Å². The minimum atomic E-state index is -3.53. The number of rotatable bonds is 7. The lowest BCUT2D eigenvalue weighted by Gasteiger charge is -2.31. The van der Waals surface area contributed by atoms with Crippen LogP contribution >= 0.6 is 0 Å². The molecule has 0 atom stereocenters. The number of ether oxygens (including phenoxy) is 1. The summed E-state index contributed by atoms with van der Waals surface area (Å²) in [5.41, 5.74) is 2.93. The van der Waals surface area contributed by atoms with Gasteiger partial charge in [-0.15, -0.1) is 0 Å². The third-order valence-corrected chi connectivity index (χ3v) is 7.70. The van der Waals surface area contributed by atoms with Crippen LogP contribution in [-0.4, -0.2) is 45.4 Å². The highest BCUT2D eigenvalue weighted by Gasteiger charge is 2.32. The third-order valence-electron chi connectivity index (χ3n) is 5.64. The molecule has 7 heteroatoms. The molecule has 0 unspecified atom stereocenters. The van der Waals surface area contributed by atoms with Crippen molar-refractivity contribution < 1.29 is 17.9 Å². The maximum Gasteiger partial charge on any atom is 0.243 e. The van der Waals surface area contributed by atoms with E-state index in [1.54, 1.807) is 13.2 Å². The van der Waals surface area contributed by atoms with Crippen molar-refractivity contribution in [3.05, 3.63) is 59.2 Å². The van der Waals surface area contributed by atoms with Crippen molar-refractivity contribution in [2.75, 3.05) is 26.7 Å². The van der Waals surface area contributed by atoms with Gasteiger partial charge in [-0.05, 0) is 62.4 Å². The summed E-state index contributed by atoms with van der Waals surface area (Å²) in [5, 5.41) is 2.99. The first kappa shape index (κ1) is 22.3. The standard InChI is InChI=1S/C23H30N2O4S/c1-17-4-9-22(18(2)16-17)30(27,28)25-14-11-20(12-15-25)23(26)24-13-10-19-5-7-21(29-3)8-6-19/h4-9,16,20H,10-15H2,1-3H3,(H,24,26). The average Bonchev–Trinajstić information content (AvgIpc) is 2.74. The number of benzene rings is 2. The maximum absolute atomic E-state index is 13.0. The van der Waals surface area contributed by atoms with Crippen molar-refractivity contribution >= 4 is 15.9 Å². The SMILES string of the molecule is COc1ccc(CCNC(=O)C2CCN(S(=O)(=O)c3ccc(C)cc3C)CC2)cc1. The van der Waals surface area contributed by atoms with Gasteiger partial charge in [-0.1, -0.05) is 29.8 Å². The highest BCUT2D eigenvalue weighted by molar-refractivity contribution is 7.89. The van der Waals surface area contributed by atoms with Crippen LogP contribution < -0.4 is 10.1 Å². The molecular weight excluding hydrogens is 400 g/mol. The fourth-order valence-corrected chi connectivity index (χ4v) is 5.53. The first-order chi connectivity index (χ1) is 14.3. The fourth-order valence-electron chi connectivity index (χ4n) is 3.85. The third kappa shape index (κ3) is 5.21. The minimum absolute atomic E-state index is 0.00655. The van der Waals surface area contributed by atoms with Gasteiger partial charge in [0.1, 0.15) is 5.75 Å². The quantitative estimate of drug-likeness (QED) is 0.733. The Labute approximate surface area is 179 Å². The molecule has 1 N–H and O–H groups in total. The van der Waals surface area contributed by atoms with Crippen LogP contribution in [0.5, 0.6) is 5.75 Å². The number of carbonyl (C=O) groups excluding carboxylic acids is 1. The molecule has 0 aromatic heterocycles. The molecule has 1 heterocycles. The molecule has 0 radical (unpaired) electrons. The van der Waals surface area contributed by atoms with Crippen molar-refractivity contribution in [2.45, 2.75) is 38.0 Å². The number of nitrogens with one attached hydrogen (secondary N) is 1. The second-order valence-electron chi connectivity index (χ2n) is 7.84. The number of aryl methyl sites for hydroxylation is 2. The Bertz CT molecular complexity index is 979. The lowest BCUT2D eigenvalue weighted by molar-refractivity contribution is -0.126. The molecule has 162 valence electrons. The number of piperidine rings is 1. The van der Waals surface area contributed by atoms with Gasteiger partial charge < -0.3 is 10.1 Å². The maximum atomic E-state index is 13.0. The number of nitrogens with zero attached hydrogens (tertiary/aromatic N) is 1. The molecule has 0 aliphatic carbocycles. The van der Waals surface area contributed by atoms with Gasteiger partial charge in [0, 0.05) is 25.6 Å². The largest absolute Gasteiger partial charge is 0.497 e. The van der Waals surface area contributed by atoms with E-state index in [0.29, 0.717) is 37.4 Å². The molecule has 1 fully saturated rings. The van der Waals surface area contributed by atoms with E-state index in [1.807, 2.05) is 50.2 Å². The second kappa shape index (κ2) is 9.62. The van der Waals surface area contributed by atoms with E-state index in [1.165, 1.54) is 4.31 Å². The number of hydrogen-bond donors (Lipinski definition) is 1. The van der Waals surface area contributed by atoms with Crippen LogP contribution in [0.3, 0.4) is 0 Å². The molecule has 1 aliphatic rings. The lowest BCUT2D eigenvalue weighted by atomic mass is 9.97. The summed E-state index contributed by atoms with van der Waals surface area (Å²) in [7, 11) is -1.89. The Morgan fingerprint density at radius 1 is 1.10 bits per heavy atom. The Morgan fingerprint density at radius 2 is 1.77 bits per heavy atom. The van der Waals surface area contributed by atoms with E-state index in [2.05, 4.69) is 5.32 Å². The van der Waals surface area contributed by atoms with Crippen molar-refractivity contribution in [3.63, 3.8) is 0 Å². The molecule has 2 aromatic carbocycles. The fraction of sp³-hybridized carbons (Fsp3) is 0.435. The van der Waals surface area contributed by atoms with Gasteiger partial charge in [-0.25, -0.2) is 8.42 Å². The molecule has 3 rings (SSSR count). The predicted octanol–water partition coefficient (Wildman–Crippen LogP) is 3.07. The summed E-state index contributed by atoms with van der Waals surface area (Å²) < 4.78 is 32.6. The van der Waals surface area contributed by atoms with Crippen LogP contribution in [0, 0.1) is 19.8 Å². The molecule has 1 saturated heterocycles. The van der Waals surface area contributed by atoms with E-state index >= 15 is 0 Å². The molecule has 6 nitrogen and oxygen atoms in total. The number of methoxy groups -OCH3 is 1. The van der Waals surface area contributed by atoms with Crippen molar-refractivity contribution in [3.8, 4) is 5.75 Å². The highest BCUT2D eigenvalue weighted by atomic mass is 32.2. The summed E-state index contributed by atoms with van der Waals surface area (Å²) in [4.78, 5) is 12.9. The summed E-state index contributed by atoms with van der Waals surface area (Å²) in [6, 6.07) is 13.2. The average molecular weight is 431 g/mol. The summed E-state index contributed by atoms with van der Waals surface area (Å²) in [5.74, 6) is 0.670. The molecule has 30 heavy (non-hydrogen) atoms. The molecule has 1 amide bonds. The smallest absolute Gasteiger partial charge is 0.243 e. The molecule has 0 spiro atoms. The van der Waals surface area contributed by atoms with Crippen LogP contribution in [-0.2, 0) is 21.2 Å². The summed E-state index contributed by atoms with van der Waals surface area (Å²) in [6.45, 7) is 5.07. The first-order valence-corrected chi connectivity index (χ1v) is 11.7. The Kier molecular flexibility index (Phi) is 7.15. The first-order valence-electron chi connectivity index (χ1n) is 10.3. The van der Waals surface area contributed by atoms with E-state index < -0.39 is 10.0 Å². The van der Waals surface area contributed by atoms with Crippen LogP contribution in [0.2, 0.25) is 0 Å². The number of sulfonamides is 1. The van der Waals surface area contributed by atoms with Crippen molar-refractivity contribution in [1.82, 2.24) is 9.62 Å². The van der Waals surface area contributed by atoms with E-state index in [4.69, 9.17) is 4.74 Å². The van der Waals surface area contributed by atoms with Gasteiger partial charge in [0.2, 0.25) is 15.9 Å². The van der Waals surface area contributed by atoms with Gasteiger partial charge in [0.05, 0.1) is 12.0 Å². The number of amides is 1. The number of carbonyl (C=O) groups is 1. The van der Waals surface area contributed by atoms with Crippen LogP contribution in [0.4, 0.5) is 0 Å². The van der Waals surface area contributed by atoms with Crippen molar-refractivity contribution in [1.29, 1.82) is 0 Å². The van der Waals surface area contributed by atoms with Crippen LogP contribution in [0.25, 0.3) is 0 Å². The normalized spacial score (nSPS) is 15.7. The molecule has 0 saturated carbocycles. The monoisotopic (exact) mass is 430 g/mol. The van der Waals surface area contributed by atoms with E-state index in [0.717, 1.165) is 28.9 Å². The zero-order chi connectivity index (χ0) is 21.7. The predicted molar refractivity (Wildman–Crippen MR) is 117 cm³/mol. The minimum Gasteiger partial charge on any atom is -0.497 e. The van der Waals surface area contributed by atoms with Gasteiger partial charge in [0.15, 0.2) is 0 Å². The zero-order valence-corrected chi connectivity index (χ0v) is 18.7. The van der Waals surface area contributed by atoms with Gasteiger partial charge >= 0.3 is 0 Å². The molecule has 0 bridgehead atoms. The van der Waals surface area contributed by atoms with Crippen LogP contribution in [0.15, 0.2) is 47.4 Å². The second-order valence-corrected chi connectivity index (χ2v) is 9.74. The Morgan fingerprint density at radius 3 is 2.37 bits per heavy atom. The summed E-state index contributed by atoms with van der Waals surface area (Å²) >= 11 is 0. The van der Waals surface area contributed by atoms with E-state index in [9.17, 15) is 13.2 Å².